The fraction of sp³-hybridized carbons (Fsp3) is 0.238. The van der Waals surface area contributed by atoms with Gasteiger partial charge in [0.1, 0.15) is 17.6 Å². The van der Waals surface area contributed by atoms with Crippen molar-refractivity contribution in [3.05, 3.63) is 76.2 Å². The molecule has 1 fully saturated rings. The Labute approximate surface area is 184 Å². The normalized spacial score (nSPS) is 18.9. The highest BCUT2D eigenvalue weighted by molar-refractivity contribution is 7.80. The van der Waals surface area contributed by atoms with E-state index in [0.29, 0.717) is 34.1 Å². The van der Waals surface area contributed by atoms with Gasteiger partial charge in [-0.1, -0.05) is 35.3 Å². The first-order chi connectivity index (χ1) is 14.1. The fourth-order valence-electron chi connectivity index (χ4n) is 3.50. The highest BCUT2D eigenvalue weighted by Crippen LogP contribution is 2.41. The second-order valence-corrected chi connectivity index (χ2v) is 7.79. The Morgan fingerprint density at radius 1 is 1.17 bits per heavy atom. The average Bonchev–Trinajstić information content (AvgIpc) is 3.33. The maximum absolute atomic E-state index is 6.38. The van der Waals surface area contributed by atoms with Gasteiger partial charge in [0.2, 0.25) is 0 Å². The van der Waals surface area contributed by atoms with E-state index >= 15 is 0 Å². The number of nitrogens with one attached hydrogen (secondary N) is 1. The maximum atomic E-state index is 6.38. The van der Waals surface area contributed by atoms with E-state index in [-0.39, 0.29) is 12.1 Å². The molecule has 0 saturated carbocycles. The van der Waals surface area contributed by atoms with Crippen molar-refractivity contribution in [1.82, 2.24) is 15.2 Å². The molecule has 0 aliphatic carbocycles. The summed E-state index contributed by atoms with van der Waals surface area (Å²) < 4.78 is 11.5. The summed E-state index contributed by atoms with van der Waals surface area (Å²) in [5, 5.41) is 4.97. The van der Waals surface area contributed by atoms with E-state index in [1.165, 1.54) is 0 Å². The summed E-state index contributed by atoms with van der Waals surface area (Å²) in [6.07, 6.45) is 1.77. The third-order valence-corrected chi connectivity index (χ3v) is 6.04. The van der Waals surface area contributed by atoms with Crippen LogP contribution >= 0.6 is 35.4 Å². The minimum atomic E-state index is -0.167. The Bertz CT molecular complexity index is 1010. The Morgan fingerprint density at radius 3 is 2.79 bits per heavy atom. The molecule has 1 saturated heterocycles. The van der Waals surface area contributed by atoms with Gasteiger partial charge in [-0.05, 0) is 48.6 Å². The van der Waals surface area contributed by atoms with Gasteiger partial charge in [-0.15, -0.1) is 0 Å². The quantitative estimate of drug-likeness (QED) is 0.519. The summed E-state index contributed by atoms with van der Waals surface area (Å²) in [6.45, 7) is 1.17. The minimum Gasteiger partial charge on any atom is -0.459 e. The average molecular weight is 448 g/mol. The van der Waals surface area contributed by atoms with Crippen LogP contribution in [0.25, 0.3) is 11.3 Å². The molecular formula is C21H19Cl2N3O2S. The van der Waals surface area contributed by atoms with Crippen molar-refractivity contribution < 1.29 is 9.15 Å². The molecule has 1 aromatic carbocycles. The van der Waals surface area contributed by atoms with E-state index in [1.54, 1.807) is 19.4 Å². The van der Waals surface area contributed by atoms with Gasteiger partial charge >= 0.3 is 0 Å². The summed E-state index contributed by atoms with van der Waals surface area (Å²) >= 11 is 18.1. The molecule has 5 nitrogen and oxygen atoms in total. The zero-order valence-corrected chi connectivity index (χ0v) is 18.0. The molecule has 2 atom stereocenters. The Balaban J connectivity index is 1.73. The molecular weight excluding hydrogens is 429 g/mol. The number of ether oxygens (including phenoxy) is 1. The van der Waals surface area contributed by atoms with Crippen molar-refractivity contribution >= 4 is 40.5 Å². The second kappa shape index (κ2) is 8.71. The SMILES string of the molecule is COCCN1C(=S)N[C@@H](c2ccccn2)[C@H]1c1ccc(-c2cccc(Cl)c2Cl)o1. The van der Waals surface area contributed by atoms with Gasteiger partial charge in [-0.3, -0.25) is 4.98 Å². The number of aromatic nitrogens is 1. The van der Waals surface area contributed by atoms with E-state index in [0.717, 1.165) is 17.0 Å². The lowest BCUT2D eigenvalue weighted by Crippen LogP contribution is -2.32. The molecule has 0 unspecified atom stereocenters. The molecule has 1 N–H and O–H groups in total. The smallest absolute Gasteiger partial charge is 0.170 e. The first kappa shape index (κ1) is 20.2. The molecule has 0 bridgehead atoms. The summed E-state index contributed by atoms with van der Waals surface area (Å²) in [6, 6.07) is 14.8. The molecule has 0 radical (unpaired) electrons. The third-order valence-electron chi connectivity index (χ3n) is 4.87. The Morgan fingerprint density at radius 2 is 2.03 bits per heavy atom. The van der Waals surface area contributed by atoms with Gasteiger partial charge in [0.25, 0.3) is 0 Å². The first-order valence-electron chi connectivity index (χ1n) is 9.11. The van der Waals surface area contributed by atoms with Crippen molar-refractivity contribution in [3.8, 4) is 11.3 Å². The van der Waals surface area contributed by atoms with Gasteiger partial charge in [0.05, 0.1) is 28.4 Å². The van der Waals surface area contributed by atoms with E-state index in [9.17, 15) is 0 Å². The number of furan rings is 1. The first-order valence-corrected chi connectivity index (χ1v) is 10.3. The van der Waals surface area contributed by atoms with Crippen molar-refractivity contribution in [3.63, 3.8) is 0 Å². The summed E-state index contributed by atoms with van der Waals surface area (Å²) in [5.41, 5.74) is 1.63. The number of methoxy groups -OCH3 is 1. The number of thiocarbonyl (C=S) groups is 1. The largest absolute Gasteiger partial charge is 0.459 e. The predicted octanol–water partition coefficient (Wildman–Crippen LogP) is 5.27. The number of benzene rings is 1. The van der Waals surface area contributed by atoms with E-state index < -0.39 is 0 Å². The van der Waals surface area contributed by atoms with Gasteiger partial charge in [0.15, 0.2) is 5.11 Å². The monoisotopic (exact) mass is 447 g/mol. The number of hydrogen-bond acceptors (Lipinski definition) is 4. The van der Waals surface area contributed by atoms with Gasteiger partial charge in [-0.2, -0.15) is 0 Å². The Hall–Kier alpha value is -2.12. The van der Waals surface area contributed by atoms with Crippen LogP contribution in [0.15, 0.2) is 59.1 Å². The molecule has 150 valence electrons. The van der Waals surface area contributed by atoms with Crippen molar-refractivity contribution in [2.45, 2.75) is 12.1 Å². The van der Waals surface area contributed by atoms with Crippen molar-refractivity contribution in [2.24, 2.45) is 0 Å². The lowest BCUT2D eigenvalue weighted by atomic mass is 10.0. The summed E-state index contributed by atoms with van der Waals surface area (Å²) in [5.74, 6) is 1.41. The Kier molecular flexibility index (Phi) is 6.06. The van der Waals surface area contributed by atoms with Gasteiger partial charge in [0, 0.05) is 25.4 Å². The molecule has 0 spiro atoms. The second-order valence-electron chi connectivity index (χ2n) is 6.62. The lowest BCUT2D eigenvalue weighted by molar-refractivity contribution is 0.158. The lowest BCUT2D eigenvalue weighted by Gasteiger charge is -2.25. The highest BCUT2D eigenvalue weighted by Gasteiger charge is 2.41. The van der Waals surface area contributed by atoms with Crippen LogP contribution in [0.3, 0.4) is 0 Å². The van der Waals surface area contributed by atoms with Crippen LogP contribution in [0.1, 0.15) is 23.5 Å². The van der Waals surface area contributed by atoms with E-state index in [4.69, 9.17) is 44.6 Å². The van der Waals surface area contributed by atoms with E-state index in [2.05, 4.69) is 15.2 Å². The van der Waals surface area contributed by atoms with Gasteiger partial charge < -0.3 is 19.4 Å². The fourth-order valence-corrected chi connectivity index (χ4v) is 4.22. The zero-order valence-electron chi connectivity index (χ0n) is 15.6. The van der Waals surface area contributed by atoms with Crippen LogP contribution in [-0.2, 0) is 4.74 Å². The molecule has 0 amide bonds. The van der Waals surface area contributed by atoms with Crippen molar-refractivity contribution in [1.29, 1.82) is 0 Å². The molecule has 4 rings (SSSR count). The molecule has 1 aliphatic heterocycles. The van der Waals surface area contributed by atoms with Crippen LogP contribution < -0.4 is 5.32 Å². The standard InChI is InChI=1S/C21H19Cl2N3O2S/c1-27-12-11-26-20(19(25-21(26)29)15-7-2-3-10-24-15)17-9-8-16(28-17)13-5-4-6-14(22)18(13)23/h2-10,19-20H,11-12H2,1H3,(H,25,29)/t19-,20+/m0/s1. The van der Waals surface area contributed by atoms with Crippen LogP contribution in [-0.4, -0.2) is 35.3 Å². The van der Waals surface area contributed by atoms with Crippen LogP contribution in [0.2, 0.25) is 10.0 Å². The van der Waals surface area contributed by atoms with Gasteiger partial charge in [-0.25, -0.2) is 0 Å². The van der Waals surface area contributed by atoms with Crippen LogP contribution in [0, 0.1) is 0 Å². The molecule has 2 aromatic heterocycles. The highest BCUT2D eigenvalue weighted by atomic mass is 35.5. The predicted molar refractivity (Wildman–Crippen MR) is 118 cm³/mol. The topological polar surface area (TPSA) is 50.5 Å². The maximum Gasteiger partial charge on any atom is 0.170 e. The van der Waals surface area contributed by atoms with Crippen LogP contribution in [0.4, 0.5) is 0 Å². The minimum absolute atomic E-state index is 0.144. The third kappa shape index (κ3) is 3.98. The number of rotatable bonds is 6. The van der Waals surface area contributed by atoms with Crippen molar-refractivity contribution in [2.75, 3.05) is 20.3 Å². The zero-order chi connectivity index (χ0) is 20.4. The molecule has 3 aromatic rings. The number of halogens is 2. The molecule has 8 heteroatoms. The van der Waals surface area contributed by atoms with E-state index in [1.807, 2.05) is 42.5 Å². The van der Waals surface area contributed by atoms with Crippen LogP contribution in [0.5, 0.6) is 0 Å². The number of hydrogen-bond donors (Lipinski definition) is 1. The number of pyridine rings is 1. The molecule has 3 heterocycles. The number of nitrogens with zero attached hydrogens (tertiary/aromatic N) is 2. The molecule has 1 aliphatic rings. The summed E-state index contributed by atoms with van der Waals surface area (Å²) in [7, 11) is 1.67. The molecule has 29 heavy (non-hydrogen) atoms. The summed E-state index contributed by atoms with van der Waals surface area (Å²) in [4.78, 5) is 6.59.